The third-order valence-electron chi connectivity index (χ3n) is 3.95. The molecule has 2 heterocycles. The molecule has 1 aromatic rings. The summed E-state index contributed by atoms with van der Waals surface area (Å²) in [4.78, 5) is 23.8. The Balaban J connectivity index is 1.50. The van der Waals surface area contributed by atoms with Crippen molar-refractivity contribution in [3.05, 3.63) is 23.8 Å². The van der Waals surface area contributed by atoms with Crippen LogP contribution in [0.4, 0.5) is 0 Å². The normalized spacial score (nSPS) is 20.2. The Morgan fingerprint density at radius 3 is 3.05 bits per heavy atom. The quantitative estimate of drug-likeness (QED) is 0.874. The molecule has 1 fully saturated rings. The number of hydrogen-bond acceptors (Lipinski definition) is 4. The van der Waals surface area contributed by atoms with E-state index in [1.165, 1.54) is 0 Å². The highest BCUT2D eigenvalue weighted by molar-refractivity contribution is 5.87. The number of rotatable bonds is 4. The number of nitrogens with one attached hydrogen (secondary N) is 2. The molecule has 2 N–H and O–H groups in total. The van der Waals surface area contributed by atoms with E-state index in [9.17, 15) is 9.59 Å². The number of fused-ring (bicyclic) bond motifs is 1. The third kappa shape index (κ3) is 3.50. The monoisotopic (exact) mass is 304 g/mol. The first-order valence-corrected chi connectivity index (χ1v) is 7.68. The van der Waals surface area contributed by atoms with Gasteiger partial charge in [0.1, 0.15) is 6.04 Å². The first-order chi connectivity index (χ1) is 10.7. The minimum atomic E-state index is -0.397. The number of carbonyl (C=O) groups is 2. The minimum absolute atomic E-state index is 0.0751. The topological polar surface area (TPSA) is 76.7 Å². The lowest BCUT2D eigenvalue weighted by atomic mass is 10.1. The smallest absolute Gasteiger partial charge is 0.242 e. The SMILES string of the molecule is O=C(CCc1ccc2c(c1)OCO2)N[C@H]1CCCCNC1=O. The first-order valence-electron chi connectivity index (χ1n) is 7.68. The van der Waals surface area contributed by atoms with Crippen LogP contribution in [0.2, 0.25) is 0 Å². The lowest BCUT2D eigenvalue weighted by Gasteiger charge is -2.15. The Hall–Kier alpha value is -2.24. The van der Waals surface area contributed by atoms with Crippen LogP contribution in [0, 0.1) is 0 Å². The van der Waals surface area contributed by atoms with Gasteiger partial charge in [0.25, 0.3) is 0 Å². The van der Waals surface area contributed by atoms with E-state index in [1.807, 2.05) is 18.2 Å². The molecule has 0 radical (unpaired) electrons. The largest absolute Gasteiger partial charge is 0.454 e. The minimum Gasteiger partial charge on any atom is -0.454 e. The summed E-state index contributed by atoms with van der Waals surface area (Å²) in [6.07, 6.45) is 3.59. The van der Waals surface area contributed by atoms with Gasteiger partial charge in [-0.3, -0.25) is 9.59 Å². The van der Waals surface area contributed by atoms with Crippen LogP contribution in [0.15, 0.2) is 18.2 Å². The van der Waals surface area contributed by atoms with E-state index in [4.69, 9.17) is 9.47 Å². The van der Waals surface area contributed by atoms with Gasteiger partial charge in [-0.1, -0.05) is 6.07 Å². The molecule has 0 unspecified atom stereocenters. The van der Waals surface area contributed by atoms with E-state index in [1.54, 1.807) is 0 Å². The Kier molecular flexibility index (Phi) is 4.46. The van der Waals surface area contributed by atoms with Gasteiger partial charge in [0, 0.05) is 13.0 Å². The zero-order chi connectivity index (χ0) is 15.4. The molecule has 0 aromatic heterocycles. The van der Waals surface area contributed by atoms with Gasteiger partial charge in [-0.05, 0) is 43.4 Å². The molecule has 2 aliphatic heterocycles. The fourth-order valence-corrected chi connectivity index (χ4v) is 2.70. The number of amides is 2. The van der Waals surface area contributed by atoms with Crippen molar-refractivity contribution in [3.63, 3.8) is 0 Å². The lowest BCUT2D eigenvalue weighted by Crippen LogP contribution is -2.45. The molecule has 2 amide bonds. The summed E-state index contributed by atoms with van der Waals surface area (Å²) < 4.78 is 10.6. The average Bonchev–Trinajstić information content (AvgIpc) is 2.89. The van der Waals surface area contributed by atoms with Gasteiger partial charge < -0.3 is 20.1 Å². The standard InChI is InChI=1S/C16H20N2O4/c19-15(18-12-3-1-2-8-17-16(12)20)7-5-11-4-6-13-14(9-11)22-10-21-13/h4,6,9,12H,1-3,5,7-8,10H2,(H,17,20)(H,18,19)/t12-/m0/s1. The maximum absolute atomic E-state index is 12.0. The molecule has 0 aliphatic carbocycles. The molecule has 1 aromatic carbocycles. The molecule has 118 valence electrons. The van der Waals surface area contributed by atoms with Crippen LogP contribution < -0.4 is 20.1 Å². The number of hydrogen-bond donors (Lipinski definition) is 2. The Morgan fingerprint density at radius 1 is 1.27 bits per heavy atom. The highest BCUT2D eigenvalue weighted by Crippen LogP contribution is 2.32. The zero-order valence-corrected chi connectivity index (χ0v) is 12.4. The van der Waals surface area contributed by atoms with E-state index < -0.39 is 6.04 Å². The van der Waals surface area contributed by atoms with E-state index in [0.717, 1.165) is 29.9 Å². The lowest BCUT2D eigenvalue weighted by molar-refractivity contribution is -0.128. The second-order valence-electron chi connectivity index (χ2n) is 5.59. The van der Waals surface area contributed by atoms with Crippen molar-refractivity contribution in [1.29, 1.82) is 0 Å². The first kappa shape index (κ1) is 14.7. The van der Waals surface area contributed by atoms with Crippen LogP contribution in [0.5, 0.6) is 11.5 Å². The summed E-state index contributed by atoms with van der Waals surface area (Å²) in [6.45, 7) is 0.943. The van der Waals surface area contributed by atoms with E-state index >= 15 is 0 Å². The molecule has 0 spiro atoms. The van der Waals surface area contributed by atoms with Crippen LogP contribution in [0.3, 0.4) is 0 Å². The van der Waals surface area contributed by atoms with Crippen molar-refractivity contribution in [2.24, 2.45) is 0 Å². The van der Waals surface area contributed by atoms with Crippen molar-refractivity contribution >= 4 is 11.8 Å². The molecule has 6 nitrogen and oxygen atoms in total. The van der Waals surface area contributed by atoms with E-state index in [0.29, 0.717) is 25.8 Å². The van der Waals surface area contributed by atoms with Crippen molar-refractivity contribution in [2.75, 3.05) is 13.3 Å². The van der Waals surface area contributed by atoms with Crippen LogP contribution in [0.25, 0.3) is 0 Å². The second kappa shape index (κ2) is 6.68. The summed E-state index contributed by atoms with van der Waals surface area (Å²) >= 11 is 0. The summed E-state index contributed by atoms with van der Waals surface area (Å²) in [7, 11) is 0. The predicted molar refractivity (Wildman–Crippen MR) is 79.7 cm³/mol. The van der Waals surface area contributed by atoms with Gasteiger partial charge in [-0.25, -0.2) is 0 Å². The number of ether oxygens (including phenoxy) is 2. The van der Waals surface area contributed by atoms with Crippen molar-refractivity contribution in [2.45, 2.75) is 38.1 Å². The molecule has 2 aliphatic rings. The molecule has 3 rings (SSSR count). The molecular weight excluding hydrogens is 284 g/mol. The molecule has 0 saturated carbocycles. The van der Waals surface area contributed by atoms with Gasteiger partial charge in [0.05, 0.1) is 0 Å². The van der Waals surface area contributed by atoms with Gasteiger partial charge in [0.15, 0.2) is 11.5 Å². The maximum atomic E-state index is 12.0. The number of benzene rings is 1. The fraction of sp³-hybridized carbons (Fsp3) is 0.500. The Bertz CT molecular complexity index is 573. The van der Waals surface area contributed by atoms with Gasteiger partial charge >= 0.3 is 0 Å². The van der Waals surface area contributed by atoms with Crippen LogP contribution in [0.1, 0.15) is 31.2 Å². The Labute approximate surface area is 129 Å². The maximum Gasteiger partial charge on any atom is 0.242 e. The molecule has 1 saturated heterocycles. The fourth-order valence-electron chi connectivity index (χ4n) is 2.70. The second-order valence-corrected chi connectivity index (χ2v) is 5.59. The van der Waals surface area contributed by atoms with Crippen LogP contribution in [-0.4, -0.2) is 31.2 Å². The van der Waals surface area contributed by atoms with Crippen molar-refractivity contribution in [1.82, 2.24) is 10.6 Å². The Morgan fingerprint density at radius 2 is 2.14 bits per heavy atom. The van der Waals surface area contributed by atoms with Crippen molar-refractivity contribution in [3.8, 4) is 11.5 Å². The summed E-state index contributed by atoms with van der Waals surface area (Å²) in [5.41, 5.74) is 1.02. The summed E-state index contributed by atoms with van der Waals surface area (Å²) in [6, 6.07) is 5.29. The van der Waals surface area contributed by atoms with Gasteiger partial charge in [-0.15, -0.1) is 0 Å². The van der Waals surface area contributed by atoms with E-state index in [-0.39, 0.29) is 18.6 Å². The molecular formula is C16H20N2O4. The highest BCUT2D eigenvalue weighted by Gasteiger charge is 2.22. The van der Waals surface area contributed by atoms with Crippen molar-refractivity contribution < 1.29 is 19.1 Å². The molecule has 6 heteroatoms. The van der Waals surface area contributed by atoms with Crippen LogP contribution >= 0.6 is 0 Å². The molecule has 22 heavy (non-hydrogen) atoms. The average molecular weight is 304 g/mol. The summed E-state index contributed by atoms with van der Waals surface area (Å²) in [5, 5.41) is 5.64. The molecule has 0 bridgehead atoms. The van der Waals surface area contributed by atoms with Crippen LogP contribution in [-0.2, 0) is 16.0 Å². The number of aryl methyl sites for hydroxylation is 1. The van der Waals surface area contributed by atoms with Gasteiger partial charge in [-0.2, -0.15) is 0 Å². The molecule has 1 atom stereocenters. The van der Waals surface area contributed by atoms with Gasteiger partial charge in [0.2, 0.25) is 18.6 Å². The number of carbonyl (C=O) groups excluding carboxylic acids is 2. The third-order valence-corrected chi connectivity index (χ3v) is 3.95. The summed E-state index contributed by atoms with van der Waals surface area (Å²) in [5.74, 6) is 1.29. The zero-order valence-electron chi connectivity index (χ0n) is 12.4. The predicted octanol–water partition coefficient (Wildman–Crippen LogP) is 1.13. The highest BCUT2D eigenvalue weighted by atomic mass is 16.7. The van der Waals surface area contributed by atoms with E-state index in [2.05, 4.69) is 10.6 Å².